The number of rotatable bonds is 2. The van der Waals surface area contributed by atoms with E-state index >= 15 is 0 Å². The van der Waals surface area contributed by atoms with E-state index < -0.39 is 53.1 Å². The molecule has 10 heteroatoms. The third kappa shape index (κ3) is 3.30. The number of pyridine rings is 1. The number of hydrogen-bond donors (Lipinski definition) is 0. The van der Waals surface area contributed by atoms with E-state index in [4.69, 9.17) is 9.31 Å². The van der Waals surface area contributed by atoms with Crippen molar-refractivity contribution in [3.8, 4) is 0 Å². The van der Waals surface area contributed by atoms with Crippen LogP contribution in [-0.4, -0.2) is 23.3 Å². The quantitative estimate of drug-likeness (QED) is 0.451. The summed E-state index contributed by atoms with van der Waals surface area (Å²) >= 11 is 0. The van der Waals surface area contributed by atoms with Gasteiger partial charge in [-0.25, -0.2) is 13.8 Å². The molecule has 0 amide bonds. The van der Waals surface area contributed by atoms with E-state index in [1.54, 1.807) is 27.7 Å². The number of halogens is 6. The van der Waals surface area contributed by atoms with Crippen molar-refractivity contribution in [1.82, 2.24) is 4.98 Å². The van der Waals surface area contributed by atoms with Crippen LogP contribution in [0.25, 0.3) is 6.08 Å². The van der Waals surface area contributed by atoms with Gasteiger partial charge in [-0.05, 0) is 33.8 Å². The molecular formula is C14H14BF6NO2. The Balaban J connectivity index is 2.47. The molecule has 0 atom stereocenters. The highest BCUT2D eigenvalue weighted by molar-refractivity contribution is 6.54. The van der Waals surface area contributed by atoms with E-state index in [1.165, 1.54) is 0 Å². The summed E-state index contributed by atoms with van der Waals surface area (Å²) in [6.45, 7) is 6.42. The van der Waals surface area contributed by atoms with Crippen molar-refractivity contribution < 1.29 is 35.7 Å². The summed E-state index contributed by atoms with van der Waals surface area (Å²) in [6, 6.07) is 0. The highest BCUT2D eigenvalue weighted by Crippen LogP contribution is 2.40. The number of aromatic nitrogens is 1. The molecule has 132 valence electrons. The molecule has 2 heterocycles. The van der Waals surface area contributed by atoms with Crippen LogP contribution in [0, 0.1) is 11.8 Å². The summed E-state index contributed by atoms with van der Waals surface area (Å²) < 4.78 is 90.5. The first-order valence-corrected chi connectivity index (χ1v) is 6.90. The Morgan fingerprint density at radius 1 is 1.12 bits per heavy atom. The normalized spacial score (nSPS) is 20.6. The minimum Gasteiger partial charge on any atom is -0.398 e. The van der Waals surface area contributed by atoms with Gasteiger partial charge in [-0.2, -0.15) is 17.6 Å². The average Bonchev–Trinajstić information content (AvgIpc) is 2.62. The monoisotopic (exact) mass is 353 g/mol. The molecule has 24 heavy (non-hydrogen) atoms. The predicted molar refractivity (Wildman–Crippen MR) is 74.3 cm³/mol. The van der Waals surface area contributed by atoms with Gasteiger partial charge in [0.25, 0.3) is 0 Å². The zero-order valence-corrected chi connectivity index (χ0v) is 13.3. The molecule has 1 aliphatic rings. The van der Waals surface area contributed by atoms with Gasteiger partial charge in [0.15, 0.2) is 5.82 Å². The maximum Gasteiger partial charge on any atom is 0.525 e. The van der Waals surface area contributed by atoms with Crippen LogP contribution in [0.4, 0.5) is 26.3 Å². The fourth-order valence-electron chi connectivity index (χ4n) is 2.01. The van der Waals surface area contributed by atoms with Gasteiger partial charge in [-0.3, -0.25) is 0 Å². The molecular weight excluding hydrogens is 339 g/mol. The molecule has 0 aliphatic carbocycles. The molecule has 1 fully saturated rings. The second-order valence-electron chi connectivity index (χ2n) is 6.31. The molecule has 0 bridgehead atoms. The first-order valence-electron chi connectivity index (χ1n) is 6.90. The second-order valence-corrected chi connectivity index (χ2v) is 6.31. The van der Waals surface area contributed by atoms with Crippen molar-refractivity contribution in [3.05, 3.63) is 34.8 Å². The standard InChI is InChI=1S/C14H14BF6NO2/c1-12(2)13(3,4)24-15(23-12)9(16)5-7-8(14(19,20)21)6-22-11(18)10(7)17/h5-6H,1-4H3. The van der Waals surface area contributed by atoms with Crippen molar-refractivity contribution in [2.45, 2.75) is 45.1 Å². The predicted octanol–water partition coefficient (Wildman–Crippen LogP) is 4.32. The first-order chi connectivity index (χ1) is 10.8. The maximum atomic E-state index is 14.3. The van der Waals surface area contributed by atoms with Crippen molar-refractivity contribution in [2.75, 3.05) is 0 Å². The number of hydrogen-bond acceptors (Lipinski definition) is 3. The Morgan fingerprint density at radius 3 is 2.08 bits per heavy atom. The Bertz CT molecular complexity index is 671. The largest absolute Gasteiger partial charge is 0.525 e. The Kier molecular flexibility index (Phi) is 4.51. The summed E-state index contributed by atoms with van der Waals surface area (Å²) in [6.07, 6.45) is -4.73. The van der Waals surface area contributed by atoms with Crippen LogP contribution in [0.15, 0.2) is 11.9 Å². The molecule has 0 N–H and O–H groups in total. The zero-order valence-electron chi connectivity index (χ0n) is 13.3. The summed E-state index contributed by atoms with van der Waals surface area (Å²) in [5.74, 6) is -3.67. The van der Waals surface area contributed by atoms with Gasteiger partial charge in [0.1, 0.15) is 5.73 Å². The molecule has 1 aliphatic heterocycles. The Labute approximate surface area is 134 Å². The molecule has 0 unspecified atom stereocenters. The van der Waals surface area contributed by atoms with Crippen LogP contribution in [0.2, 0.25) is 0 Å². The third-order valence-electron chi connectivity index (χ3n) is 4.08. The molecule has 1 aromatic rings. The lowest BCUT2D eigenvalue weighted by Gasteiger charge is -2.32. The minimum absolute atomic E-state index is 0.0990. The van der Waals surface area contributed by atoms with E-state index in [0.717, 1.165) is 0 Å². The van der Waals surface area contributed by atoms with Crippen LogP contribution in [-0.2, 0) is 15.5 Å². The fraction of sp³-hybridized carbons (Fsp3) is 0.500. The summed E-state index contributed by atoms with van der Waals surface area (Å²) in [5, 5.41) is 0. The van der Waals surface area contributed by atoms with Crippen LogP contribution in [0.5, 0.6) is 0 Å². The second kappa shape index (κ2) is 5.77. The van der Waals surface area contributed by atoms with E-state index in [2.05, 4.69) is 4.98 Å². The van der Waals surface area contributed by atoms with E-state index in [9.17, 15) is 26.3 Å². The van der Waals surface area contributed by atoms with Gasteiger partial charge < -0.3 is 9.31 Å². The van der Waals surface area contributed by atoms with Crippen LogP contribution in [0.3, 0.4) is 0 Å². The van der Waals surface area contributed by atoms with Crippen LogP contribution < -0.4 is 0 Å². The van der Waals surface area contributed by atoms with Gasteiger partial charge in [-0.1, -0.05) is 0 Å². The van der Waals surface area contributed by atoms with Crippen molar-refractivity contribution >= 4 is 13.2 Å². The van der Waals surface area contributed by atoms with E-state index in [0.29, 0.717) is 0 Å². The van der Waals surface area contributed by atoms with E-state index in [1.807, 2.05) is 0 Å². The number of alkyl halides is 3. The third-order valence-corrected chi connectivity index (χ3v) is 4.08. The molecule has 0 radical (unpaired) electrons. The average molecular weight is 353 g/mol. The lowest BCUT2D eigenvalue weighted by atomic mass is 9.86. The molecule has 2 rings (SSSR count). The van der Waals surface area contributed by atoms with Crippen LogP contribution in [0.1, 0.15) is 38.8 Å². The molecule has 1 saturated heterocycles. The highest BCUT2D eigenvalue weighted by Gasteiger charge is 2.53. The van der Waals surface area contributed by atoms with Gasteiger partial charge in [-0.15, -0.1) is 0 Å². The van der Waals surface area contributed by atoms with Crippen molar-refractivity contribution in [2.24, 2.45) is 0 Å². The van der Waals surface area contributed by atoms with Gasteiger partial charge >= 0.3 is 13.3 Å². The maximum absolute atomic E-state index is 14.3. The van der Waals surface area contributed by atoms with Crippen molar-refractivity contribution in [3.63, 3.8) is 0 Å². The Morgan fingerprint density at radius 2 is 1.62 bits per heavy atom. The zero-order chi connectivity index (χ0) is 18.5. The first kappa shape index (κ1) is 18.8. The smallest absolute Gasteiger partial charge is 0.398 e. The molecule has 0 spiro atoms. The fourth-order valence-corrected chi connectivity index (χ4v) is 2.01. The topological polar surface area (TPSA) is 31.4 Å². The van der Waals surface area contributed by atoms with Gasteiger partial charge in [0, 0.05) is 11.8 Å². The van der Waals surface area contributed by atoms with Gasteiger partial charge in [0.2, 0.25) is 5.95 Å². The SMILES string of the molecule is CC1(C)OB(C(F)=Cc2c(C(F)(F)F)cnc(F)c2F)OC1(C)C. The molecule has 1 aromatic heterocycles. The minimum atomic E-state index is -5.04. The molecule has 0 aromatic carbocycles. The van der Waals surface area contributed by atoms with Crippen LogP contribution >= 0.6 is 0 Å². The van der Waals surface area contributed by atoms with E-state index in [-0.39, 0.29) is 12.3 Å². The molecule has 0 saturated carbocycles. The summed E-state index contributed by atoms with van der Waals surface area (Å²) in [7, 11) is -1.63. The Hall–Kier alpha value is -1.55. The summed E-state index contributed by atoms with van der Waals surface area (Å²) in [5.41, 5.74) is -6.12. The lowest BCUT2D eigenvalue weighted by Crippen LogP contribution is -2.41. The summed E-state index contributed by atoms with van der Waals surface area (Å²) in [4.78, 5) is 2.68. The number of nitrogens with zero attached hydrogens (tertiary/aromatic N) is 1. The molecule has 3 nitrogen and oxygen atoms in total. The van der Waals surface area contributed by atoms with Gasteiger partial charge in [0.05, 0.1) is 16.8 Å². The van der Waals surface area contributed by atoms with Crippen molar-refractivity contribution in [1.29, 1.82) is 0 Å². The highest BCUT2D eigenvalue weighted by atomic mass is 19.4. The lowest BCUT2D eigenvalue weighted by molar-refractivity contribution is -0.138.